The zero-order chi connectivity index (χ0) is 14.4. The van der Waals surface area contributed by atoms with Gasteiger partial charge < -0.3 is 0 Å². The molecular weight excluding hydrogens is 264 g/mol. The van der Waals surface area contributed by atoms with Crippen LogP contribution < -0.4 is 0 Å². The van der Waals surface area contributed by atoms with E-state index in [2.05, 4.69) is 15.1 Å². The van der Waals surface area contributed by atoms with Crippen molar-refractivity contribution in [2.45, 2.75) is 13.3 Å². The first-order valence-electron chi connectivity index (χ1n) is 6.74. The highest BCUT2D eigenvalue weighted by atomic mass is 16.1. The van der Waals surface area contributed by atoms with Crippen molar-refractivity contribution in [1.29, 1.82) is 0 Å². The molecule has 1 aromatic carbocycles. The summed E-state index contributed by atoms with van der Waals surface area (Å²) in [5, 5.41) is 4.39. The molecule has 1 aliphatic heterocycles. The number of fused-ring (bicyclic) bond motifs is 3. The van der Waals surface area contributed by atoms with E-state index in [1.807, 2.05) is 43.3 Å². The third-order valence-electron chi connectivity index (χ3n) is 3.55. The van der Waals surface area contributed by atoms with Crippen molar-refractivity contribution in [1.82, 2.24) is 14.6 Å². The number of rotatable bonds is 1. The Morgan fingerprint density at radius 2 is 2.00 bits per heavy atom. The molecule has 3 heterocycles. The Kier molecular flexibility index (Phi) is 2.47. The van der Waals surface area contributed by atoms with Crippen LogP contribution in [0.4, 0.5) is 5.69 Å². The van der Waals surface area contributed by atoms with Gasteiger partial charge in [0.1, 0.15) is 11.4 Å². The topological polar surface area (TPSA) is 59.6 Å². The molecule has 0 saturated heterocycles. The van der Waals surface area contributed by atoms with E-state index in [9.17, 15) is 4.79 Å². The molecule has 5 heteroatoms. The lowest BCUT2D eigenvalue weighted by atomic mass is 10.00. The first kappa shape index (κ1) is 12.0. The largest absolute Gasteiger partial charge is 0.292 e. The molecule has 0 amide bonds. The Labute approximate surface area is 121 Å². The molecule has 0 unspecified atom stereocenters. The van der Waals surface area contributed by atoms with Crippen LogP contribution in [-0.4, -0.2) is 26.1 Å². The summed E-state index contributed by atoms with van der Waals surface area (Å²) in [6.45, 7) is 1.91. The van der Waals surface area contributed by atoms with Crippen molar-refractivity contribution in [2.75, 3.05) is 0 Å². The highest BCUT2D eigenvalue weighted by Crippen LogP contribution is 2.26. The van der Waals surface area contributed by atoms with E-state index in [0.29, 0.717) is 17.8 Å². The summed E-state index contributed by atoms with van der Waals surface area (Å²) in [6, 6.07) is 11.4. The number of ketones is 1. The Hall–Kier alpha value is -2.82. The van der Waals surface area contributed by atoms with Gasteiger partial charge in [-0.15, -0.1) is 0 Å². The van der Waals surface area contributed by atoms with Crippen molar-refractivity contribution in [3.63, 3.8) is 0 Å². The van der Waals surface area contributed by atoms with Gasteiger partial charge in [-0.2, -0.15) is 5.10 Å². The van der Waals surface area contributed by atoms with Crippen LogP contribution in [0.15, 0.2) is 47.6 Å². The summed E-state index contributed by atoms with van der Waals surface area (Å²) in [6.07, 6.45) is 2.00. The number of nitrogens with zero attached hydrogens (tertiary/aromatic N) is 4. The van der Waals surface area contributed by atoms with E-state index in [-0.39, 0.29) is 5.78 Å². The summed E-state index contributed by atoms with van der Waals surface area (Å²) in [5.74, 6) is 0.00866. The second kappa shape index (κ2) is 4.34. The molecular formula is C16H12N4O. The average Bonchev–Trinajstić information content (AvgIpc) is 2.88. The fourth-order valence-corrected chi connectivity index (χ4v) is 2.59. The summed E-state index contributed by atoms with van der Waals surface area (Å²) < 4.78 is 1.72. The molecule has 0 radical (unpaired) electrons. The molecule has 0 aliphatic carbocycles. The molecule has 0 atom stereocenters. The second-order valence-corrected chi connectivity index (χ2v) is 5.07. The quantitative estimate of drug-likeness (QED) is 0.685. The Balaban J connectivity index is 1.93. The lowest BCUT2D eigenvalue weighted by Gasteiger charge is -2.15. The van der Waals surface area contributed by atoms with Crippen molar-refractivity contribution in [3.8, 4) is 0 Å². The normalized spacial score (nSPS) is 14.1. The zero-order valence-corrected chi connectivity index (χ0v) is 11.4. The number of aromatic nitrogens is 3. The van der Waals surface area contributed by atoms with Crippen LogP contribution in [0, 0.1) is 6.92 Å². The predicted octanol–water partition coefficient (Wildman–Crippen LogP) is 2.28. The molecule has 0 N–H and O–H groups in total. The molecule has 2 aromatic heterocycles. The smallest absolute Gasteiger partial charge is 0.187 e. The molecule has 0 fully saturated rings. The maximum atomic E-state index is 12.4. The van der Waals surface area contributed by atoms with Gasteiger partial charge in [0.25, 0.3) is 0 Å². The third kappa shape index (κ3) is 1.86. The van der Waals surface area contributed by atoms with Crippen LogP contribution >= 0.6 is 0 Å². The van der Waals surface area contributed by atoms with Crippen LogP contribution in [0.3, 0.4) is 0 Å². The highest BCUT2D eigenvalue weighted by Gasteiger charge is 2.24. The number of aliphatic imine (C=N–C) groups is 1. The SMILES string of the molecule is Cc1cc2ncc3c(n2n1)CC(=O)C(c1ccccc1)=N3. The van der Waals surface area contributed by atoms with Gasteiger partial charge >= 0.3 is 0 Å². The van der Waals surface area contributed by atoms with Crippen molar-refractivity contribution in [3.05, 3.63) is 59.5 Å². The maximum absolute atomic E-state index is 12.4. The summed E-state index contributed by atoms with van der Waals surface area (Å²) in [4.78, 5) is 21.3. The molecule has 0 saturated carbocycles. The Morgan fingerprint density at radius 1 is 1.19 bits per heavy atom. The second-order valence-electron chi connectivity index (χ2n) is 5.07. The van der Waals surface area contributed by atoms with E-state index >= 15 is 0 Å². The first-order valence-corrected chi connectivity index (χ1v) is 6.74. The fraction of sp³-hybridized carbons (Fsp3) is 0.125. The van der Waals surface area contributed by atoms with Crippen molar-refractivity contribution >= 4 is 22.8 Å². The van der Waals surface area contributed by atoms with Crippen molar-refractivity contribution < 1.29 is 4.79 Å². The predicted molar refractivity (Wildman–Crippen MR) is 79.1 cm³/mol. The molecule has 21 heavy (non-hydrogen) atoms. The highest BCUT2D eigenvalue weighted by molar-refractivity contribution is 6.47. The van der Waals surface area contributed by atoms with E-state index in [4.69, 9.17) is 0 Å². The number of hydrogen-bond acceptors (Lipinski definition) is 4. The van der Waals surface area contributed by atoms with E-state index in [1.54, 1.807) is 10.7 Å². The fourth-order valence-electron chi connectivity index (χ4n) is 2.59. The van der Waals surface area contributed by atoms with Crippen molar-refractivity contribution in [2.24, 2.45) is 4.99 Å². The van der Waals surface area contributed by atoms with Gasteiger partial charge in [-0.1, -0.05) is 30.3 Å². The Morgan fingerprint density at radius 3 is 2.81 bits per heavy atom. The molecule has 3 aromatic rings. The molecule has 4 rings (SSSR count). The van der Waals surface area contributed by atoms with Gasteiger partial charge in [0, 0.05) is 11.6 Å². The van der Waals surface area contributed by atoms with Crippen LogP contribution in [0.1, 0.15) is 17.0 Å². The van der Waals surface area contributed by atoms with E-state index in [1.165, 1.54) is 0 Å². The minimum absolute atomic E-state index is 0.00866. The Bertz CT molecular complexity index is 893. The van der Waals surface area contributed by atoms with Crippen LogP contribution in [-0.2, 0) is 11.2 Å². The number of hydrogen-bond donors (Lipinski definition) is 0. The molecule has 0 bridgehead atoms. The number of Topliss-reactive ketones (excluding diaryl/α,β-unsaturated/α-hetero) is 1. The minimum atomic E-state index is 0.00866. The van der Waals surface area contributed by atoms with Crippen LogP contribution in [0.5, 0.6) is 0 Å². The monoisotopic (exact) mass is 276 g/mol. The lowest BCUT2D eigenvalue weighted by molar-refractivity contribution is -0.112. The first-order chi connectivity index (χ1) is 10.2. The number of carbonyl (C=O) groups excluding carboxylic acids is 1. The summed E-state index contributed by atoms with van der Waals surface area (Å²) in [7, 11) is 0. The van der Waals surface area contributed by atoms with Crippen LogP contribution in [0.25, 0.3) is 5.65 Å². The number of benzene rings is 1. The molecule has 102 valence electrons. The molecule has 0 spiro atoms. The van der Waals surface area contributed by atoms with Crippen LogP contribution in [0.2, 0.25) is 0 Å². The van der Waals surface area contributed by atoms with Gasteiger partial charge in [0.2, 0.25) is 0 Å². The standard InChI is InChI=1S/C16H12N4O/c1-10-7-15-17-9-12-13(20(15)19-10)8-14(21)16(18-12)11-5-3-2-4-6-11/h2-7,9H,8H2,1H3. The van der Waals surface area contributed by atoms with Gasteiger partial charge in [-0.05, 0) is 6.92 Å². The van der Waals surface area contributed by atoms with E-state index < -0.39 is 0 Å². The molecule has 5 nitrogen and oxygen atoms in total. The molecule has 1 aliphatic rings. The number of carbonyl (C=O) groups is 1. The van der Waals surface area contributed by atoms with Gasteiger partial charge in [0.05, 0.1) is 24.0 Å². The van der Waals surface area contributed by atoms with Gasteiger partial charge in [0.15, 0.2) is 11.4 Å². The average molecular weight is 276 g/mol. The lowest BCUT2D eigenvalue weighted by Crippen LogP contribution is -2.23. The summed E-state index contributed by atoms with van der Waals surface area (Å²) in [5.41, 5.74) is 4.47. The minimum Gasteiger partial charge on any atom is -0.292 e. The van der Waals surface area contributed by atoms with Gasteiger partial charge in [-0.25, -0.2) is 14.5 Å². The van der Waals surface area contributed by atoms with E-state index in [0.717, 1.165) is 22.6 Å². The summed E-state index contributed by atoms with van der Waals surface area (Å²) >= 11 is 0. The zero-order valence-electron chi connectivity index (χ0n) is 11.4. The third-order valence-corrected chi connectivity index (χ3v) is 3.55. The van der Waals surface area contributed by atoms with Gasteiger partial charge in [-0.3, -0.25) is 4.79 Å². The number of aryl methyl sites for hydroxylation is 1. The maximum Gasteiger partial charge on any atom is 0.187 e.